The molecule has 0 amide bonds. The van der Waals surface area contributed by atoms with Gasteiger partial charge in [-0.15, -0.1) is 0 Å². The molecule has 0 aliphatic rings. The van der Waals surface area contributed by atoms with Crippen molar-refractivity contribution in [2.45, 2.75) is 53.1 Å². The van der Waals surface area contributed by atoms with E-state index in [9.17, 15) is 0 Å². The highest BCUT2D eigenvalue weighted by Gasteiger charge is 2.06. The molecule has 0 aromatic heterocycles. The second kappa shape index (κ2) is 9.01. The summed E-state index contributed by atoms with van der Waals surface area (Å²) in [4.78, 5) is 2.27. The van der Waals surface area contributed by atoms with Crippen LogP contribution in [0.1, 0.15) is 41.0 Å². The van der Waals surface area contributed by atoms with E-state index in [2.05, 4.69) is 32.7 Å². The molecule has 0 heterocycles. The first-order chi connectivity index (χ1) is 5.57. The summed E-state index contributed by atoms with van der Waals surface area (Å²) < 4.78 is 0. The number of nitrogens with zero attached hydrogens (tertiary/aromatic N) is 1. The van der Waals surface area contributed by atoms with E-state index in [1.54, 1.807) is 0 Å². The Hall–Kier alpha value is -0.0800. The van der Waals surface area contributed by atoms with Gasteiger partial charge in [-0.25, -0.2) is 0 Å². The molecule has 0 rings (SSSR count). The molecule has 0 bridgehead atoms. The van der Waals surface area contributed by atoms with Gasteiger partial charge in [0.25, 0.3) is 0 Å². The van der Waals surface area contributed by atoms with E-state index in [0.717, 1.165) is 13.0 Å². The summed E-state index contributed by atoms with van der Waals surface area (Å²) in [5, 5.41) is 0. The van der Waals surface area contributed by atoms with E-state index in [1.165, 1.54) is 0 Å². The summed E-state index contributed by atoms with van der Waals surface area (Å²) in [6.45, 7) is 11.5. The zero-order valence-corrected chi connectivity index (χ0v) is 9.59. The number of hydrogen-bond acceptors (Lipinski definition) is 2. The molecular weight excluding hydrogens is 148 g/mol. The van der Waals surface area contributed by atoms with E-state index in [0.29, 0.717) is 12.1 Å². The zero-order valence-electron chi connectivity index (χ0n) is 9.59. The lowest BCUT2D eigenvalue weighted by molar-refractivity contribution is 0.254. The maximum absolute atomic E-state index is 5.77. The molecular formula is C10H26N2. The van der Waals surface area contributed by atoms with Crippen LogP contribution < -0.4 is 5.73 Å². The van der Waals surface area contributed by atoms with Crippen LogP contribution in [-0.4, -0.2) is 30.6 Å². The SMILES string of the molecule is CC.CCC(N)CN(C)C(C)C. The Bertz CT molecular complexity index is 81.9. The normalized spacial score (nSPS) is 12.8. The van der Waals surface area contributed by atoms with Crippen molar-refractivity contribution in [1.29, 1.82) is 0 Å². The Morgan fingerprint density at radius 1 is 1.25 bits per heavy atom. The number of nitrogens with two attached hydrogens (primary N) is 1. The predicted molar refractivity (Wildman–Crippen MR) is 57.4 cm³/mol. The first kappa shape index (κ1) is 14.4. The lowest BCUT2D eigenvalue weighted by Gasteiger charge is -2.23. The van der Waals surface area contributed by atoms with Crippen LogP contribution >= 0.6 is 0 Å². The maximum atomic E-state index is 5.77. The average Bonchev–Trinajstić information content (AvgIpc) is 2.07. The lowest BCUT2D eigenvalue weighted by Crippen LogP contribution is -2.38. The van der Waals surface area contributed by atoms with E-state index < -0.39 is 0 Å². The Morgan fingerprint density at radius 3 is 1.92 bits per heavy atom. The minimum Gasteiger partial charge on any atom is -0.327 e. The van der Waals surface area contributed by atoms with Gasteiger partial charge in [-0.05, 0) is 27.3 Å². The molecule has 12 heavy (non-hydrogen) atoms. The van der Waals surface area contributed by atoms with Crippen molar-refractivity contribution < 1.29 is 0 Å². The van der Waals surface area contributed by atoms with Crippen LogP contribution in [0.5, 0.6) is 0 Å². The van der Waals surface area contributed by atoms with Crippen LogP contribution in [0.25, 0.3) is 0 Å². The van der Waals surface area contributed by atoms with Gasteiger partial charge in [-0.3, -0.25) is 0 Å². The first-order valence-corrected chi connectivity index (χ1v) is 5.03. The van der Waals surface area contributed by atoms with Crippen molar-refractivity contribution in [2.24, 2.45) is 5.73 Å². The summed E-state index contributed by atoms with van der Waals surface area (Å²) in [5.41, 5.74) is 5.77. The molecule has 0 fully saturated rings. The third-order valence-corrected chi connectivity index (χ3v) is 1.93. The molecule has 0 aliphatic heterocycles. The fraction of sp³-hybridized carbons (Fsp3) is 1.00. The summed E-state index contributed by atoms with van der Waals surface area (Å²) >= 11 is 0. The smallest absolute Gasteiger partial charge is 0.0165 e. The van der Waals surface area contributed by atoms with E-state index in [4.69, 9.17) is 5.73 Å². The molecule has 0 aliphatic carbocycles. The minimum atomic E-state index is 0.340. The number of rotatable bonds is 4. The molecule has 0 saturated heterocycles. The molecule has 2 N–H and O–H groups in total. The molecule has 0 radical (unpaired) electrons. The number of hydrogen-bond donors (Lipinski definition) is 1. The highest BCUT2D eigenvalue weighted by atomic mass is 15.1. The van der Waals surface area contributed by atoms with E-state index in [-0.39, 0.29) is 0 Å². The highest BCUT2D eigenvalue weighted by molar-refractivity contribution is 4.65. The maximum Gasteiger partial charge on any atom is 0.0165 e. The number of likely N-dealkylation sites (N-methyl/N-ethyl adjacent to an activating group) is 1. The average molecular weight is 174 g/mol. The van der Waals surface area contributed by atoms with Gasteiger partial charge >= 0.3 is 0 Å². The van der Waals surface area contributed by atoms with Crippen molar-refractivity contribution in [3.63, 3.8) is 0 Å². The van der Waals surface area contributed by atoms with Gasteiger partial charge < -0.3 is 10.6 Å². The molecule has 0 saturated carbocycles. The van der Waals surface area contributed by atoms with Gasteiger partial charge in [0.05, 0.1) is 0 Å². The van der Waals surface area contributed by atoms with Gasteiger partial charge in [0.1, 0.15) is 0 Å². The predicted octanol–water partition coefficient (Wildman–Crippen LogP) is 2.09. The summed E-state index contributed by atoms with van der Waals surface area (Å²) in [7, 11) is 2.11. The van der Waals surface area contributed by atoms with Crippen molar-refractivity contribution in [2.75, 3.05) is 13.6 Å². The van der Waals surface area contributed by atoms with Crippen molar-refractivity contribution in [3.05, 3.63) is 0 Å². The van der Waals surface area contributed by atoms with Crippen LogP contribution in [0.3, 0.4) is 0 Å². The lowest BCUT2D eigenvalue weighted by atomic mass is 10.2. The summed E-state index contributed by atoms with van der Waals surface area (Å²) in [6.07, 6.45) is 1.07. The molecule has 0 aromatic rings. The first-order valence-electron chi connectivity index (χ1n) is 5.03. The molecule has 1 unspecified atom stereocenters. The van der Waals surface area contributed by atoms with E-state index in [1.807, 2.05) is 13.8 Å². The van der Waals surface area contributed by atoms with E-state index >= 15 is 0 Å². The van der Waals surface area contributed by atoms with Crippen LogP contribution in [0.2, 0.25) is 0 Å². The van der Waals surface area contributed by atoms with Crippen LogP contribution in [0.15, 0.2) is 0 Å². The standard InChI is InChI=1S/C8H20N2.C2H6/c1-5-8(9)6-10(4)7(2)3;1-2/h7-8H,5-6,9H2,1-4H3;1-2H3. The third kappa shape index (κ3) is 8.02. The van der Waals surface area contributed by atoms with Gasteiger partial charge in [0.15, 0.2) is 0 Å². The summed E-state index contributed by atoms with van der Waals surface area (Å²) in [6, 6.07) is 0.949. The van der Waals surface area contributed by atoms with Gasteiger partial charge in [-0.1, -0.05) is 20.8 Å². The Morgan fingerprint density at radius 2 is 1.67 bits per heavy atom. The third-order valence-electron chi connectivity index (χ3n) is 1.93. The largest absolute Gasteiger partial charge is 0.327 e. The molecule has 2 nitrogen and oxygen atoms in total. The van der Waals surface area contributed by atoms with Gasteiger partial charge in [-0.2, -0.15) is 0 Å². The molecule has 1 atom stereocenters. The Labute approximate surface area is 78.1 Å². The molecule has 0 spiro atoms. The highest BCUT2D eigenvalue weighted by Crippen LogP contribution is 1.96. The second-order valence-corrected chi connectivity index (χ2v) is 3.20. The topological polar surface area (TPSA) is 29.3 Å². The van der Waals surface area contributed by atoms with Crippen molar-refractivity contribution >= 4 is 0 Å². The molecule has 0 aromatic carbocycles. The van der Waals surface area contributed by atoms with Gasteiger partial charge in [0.2, 0.25) is 0 Å². The monoisotopic (exact) mass is 174 g/mol. The Balaban J connectivity index is 0. The van der Waals surface area contributed by atoms with Crippen LogP contribution in [-0.2, 0) is 0 Å². The minimum absolute atomic E-state index is 0.340. The van der Waals surface area contributed by atoms with Crippen molar-refractivity contribution in [3.8, 4) is 0 Å². The van der Waals surface area contributed by atoms with Crippen molar-refractivity contribution in [1.82, 2.24) is 4.90 Å². The van der Waals surface area contributed by atoms with Crippen LogP contribution in [0, 0.1) is 0 Å². The molecule has 2 heteroatoms. The second-order valence-electron chi connectivity index (χ2n) is 3.20. The zero-order chi connectivity index (χ0) is 10.1. The van der Waals surface area contributed by atoms with Gasteiger partial charge in [0, 0.05) is 18.6 Å². The fourth-order valence-electron chi connectivity index (χ4n) is 0.710. The quantitative estimate of drug-likeness (QED) is 0.707. The fourth-order valence-corrected chi connectivity index (χ4v) is 0.710. The molecule has 76 valence electrons. The Kier molecular flexibility index (Phi) is 10.8. The van der Waals surface area contributed by atoms with Crippen LogP contribution in [0.4, 0.5) is 0 Å². The summed E-state index contributed by atoms with van der Waals surface area (Å²) in [5.74, 6) is 0.